The second kappa shape index (κ2) is 11.0. The van der Waals surface area contributed by atoms with Gasteiger partial charge in [0.15, 0.2) is 4.90 Å². The third-order valence-electron chi connectivity index (χ3n) is 7.23. The molecule has 2 heterocycles. The number of rotatable bonds is 9. The highest BCUT2D eigenvalue weighted by atomic mass is 32.2. The van der Waals surface area contributed by atoms with Gasteiger partial charge in [0.1, 0.15) is 5.82 Å². The number of carbonyl (C=O) groups is 1. The van der Waals surface area contributed by atoms with Gasteiger partial charge in [-0.1, -0.05) is 31.2 Å². The van der Waals surface area contributed by atoms with Crippen LogP contribution in [-0.2, 0) is 16.3 Å². The van der Waals surface area contributed by atoms with Crippen LogP contribution < -0.4 is 11.3 Å². The molecule has 0 spiro atoms. The van der Waals surface area contributed by atoms with Crippen LogP contribution >= 0.6 is 0 Å². The number of amides is 1. The average molecular weight is 570 g/mol. The van der Waals surface area contributed by atoms with Gasteiger partial charge < -0.3 is 10.8 Å². The van der Waals surface area contributed by atoms with Crippen molar-refractivity contribution in [3.05, 3.63) is 99.9 Å². The van der Waals surface area contributed by atoms with E-state index in [0.717, 1.165) is 12.8 Å². The third-order valence-corrected chi connectivity index (χ3v) is 9.01. The molecule has 208 valence electrons. The molecule has 1 aliphatic carbocycles. The number of aromatic hydroxyl groups is 1. The van der Waals surface area contributed by atoms with Crippen molar-refractivity contribution in [1.29, 1.82) is 5.26 Å². The molecule has 0 aliphatic heterocycles. The first-order valence-electron chi connectivity index (χ1n) is 13.1. The lowest BCUT2D eigenvalue weighted by Crippen LogP contribution is -2.33. The van der Waals surface area contributed by atoms with E-state index in [1.807, 2.05) is 6.92 Å². The molecule has 0 bridgehead atoms. The standard InChI is InChI=1S/C30H27N5O5S/c1-2-25(21-5-3-4-19(14-21)16-31)35-26(15-18-6-7-18)34-29(37)27(30(35)38)41(39,40)22-10-8-20(9-11-22)23-12-13-33-17-24(23)28(32)36/h3-5,8-14,17-18,25,37H,2,6-7,15H2,1H3,(H2,32,36)/t25-/m0/s1. The number of carbonyl (C=O) groups excluding carboxylic acids is 1. The maximum atomic E-state index is 14.0. The van der Waals surface area contributed by atoms with E-state index < -0.39 is 38.1 Å². The summed E-state index contributed by atoms with van der Waals surface area (Å²) >= 11 is 0. The third kappa shape index (κ3) is 5.34. The number of nitrogens with zero attached hydrogens (tertiary/aromatic N) is 4. The lowest BCUT2D eigenvalue weighted by molar-refractivity contribution is 0.100. The van der Waals surface area contributed by atoms with Crippen molar-refractivity contribution in [3.63, 3.8) is 0 Å². The first-order valence-corrected chi connectivity index (χ1v) is 14.6. The van der Waals surface area contributed by atoms with Gasteiger partial charge in [-0.05, 0) is 72.2 Å². The first-order chi connectivity index (χ1) is 19.6. The summed E-state index contributed by atoms with van der Waals surface area (Å²) in [7, 11) is -4.52. The Balaban J connectivity index is 1.64. The molecule has 1 fully saturated rings. The van der Waals surface area contributed by atoms with E-state index in [9.17, 15) is 28.4 Å². The Morgan fingerprint density at radius 1 is 1.20 bits per heavy atom. The topological polar surface area (TPSA) is 169 Å². The van der Waals surface area contributed by atoms with E-state index in [0.29, 0.717) is 46.8 Å². The van der Waals surface area contributed by atoms with Crippen molar-refractivity contribution in [2.75, 3.05) is 0 Å². The molecule has 3 N–H and O–H groups in total. The minimum Gasteiger partial charge on any atom is -0.492 e. The van der Waals surface area contributed by atoms with Gasteiger partial charge in [0.25, 0.3) is 11.5 Å². The van der Waals surface area contributed by atoms with Gasteiger partial charge in [0, 0.05) is 18.8 Å². The Labute approximate surface area is 236 Å². The Bertz CT molecular complexity index is 1860. The Hall–Kier alpha value is -4.82. The Morgan fingerprint density at radius 3 is 2.56 bits per heavy atom. The molecule has 11 heteroatoms. The summed E-state index contributed by atoms with van der Waals surface area (Å²) in [5.74, 6) is -0.936. The molecule has 5 rings (SSSR count). The minimum absolute atomic E-state index is 0.171. The molecule has 1 saturated carbocycles. The lowest BCUT2D eigenvalue weighted by Gasteiger charge is -2.23. The van der Waals surface area contributed by atoms with Gasteiger partial charge >= 0.3 is 0 Å². The number of sulfone groups is 1. The summed E-state index contributed by atoms with van der Waals surface area (Å²) in [5.41, 5.74) is 6.80. The van der Waals surface area contributed by atoms with E-state index in [4.69, 9.17) is 5.73 Å². The molecule has 1 atom stereocenters. The predicted octanol–water partition coefficient (Wildman–Crippen LogP) is 3.77. The summed E-state index contributed by atoms with van der Waals surface area (Å²) in [4.78, 5) is 33.0. The molecule has 2 aromatic heterocycles. The van der Waals surface area contributed by atoms with Crippen molar-refractivity contribution in [2.45, 2.75) is 48.4 Å². The van der Waals surface area contributed by atoms with Crippen LogP contribution in [0.4, 0.5) is 0 Å². The van der Waals surface area contributed by atoms with Crippen LogP contribution in [0.1, 0.15) is 59.5 Å². The molecule has 0 unspecified atom stereocenters. The van der Waals surface area contributed by atoms with Crippen molar-refractivity contribution >= 4 is 15.7 Å². The van der Waals surface area contributed by atoms with Crippen LogP contribution in [-0.4, -0.2) is 34.0 Å². The van der Waals surface area contributed by atoms with E-state index in [2.05, 4.69) is 16.0 Å². The monoisotopic (exact) mass is 569 g/mol. The van der Waals surface area contributed by atoms with Crippen LogP contribution in [0.2, 0.25) is 0 Å². The van der Waals surface area contributed by atoms with Crippen molar-refractivity contribution in [2.24, 2.45) is 11.7 Å². The van der Waals surface area contributed by atoms with E-state index in [1.165, 1.54) is 41.2 Å². The zero-order valence-electron chi connectivity index (χ0n) is 22.2. The predicted molar refractivity (Wildman–Crippen MR) is 150 cm³/mol. The molecule has 1 aliphatic rings. The molecule has 0 radical (unpaired) electrons. The highest BCUT2D eigenvalue weighted by molar-refractivity contribution is 7.91. The summed E-state index contributed by atoms with van der Waals surface area (Å²) in [5, 5.41) is 20.3. The van der Waals surface area contributed by atoms with Crippen LogP contribution in [0.3, 0.4) is 0 Å². The molecule has 0 saturated heterocycles. The zero-order valence-corrected chi connectivity index (χ0v) is 23.0. The van der Waals surface area contributed by atoms with E-state index in [1.54, 1.807) is 30.3 Å². The summed E-state index contributed by atoms with van der Waals surface area (Å²) < 4.78 is 29.0. The normalized spacial score (nSPS) is 13.9. The second-order valence-electron chi connectivity index (χ2n) is 9.98. The number of pyridine rings is 1. The van der Waals surface area contributed by atoms with Crippen molar-refractivity contribution in [1.82, 2.24) is 14.5 Å². The van der Waals surface area contributed by atoms with E-state index in [-0.39, 0.29) is 10.5 Å². The Kier molecular flexibility index (Phi) is 7.43. The van der Waals surface area contributed by atoms with Gasteiger partial charge in [-0.15, -0.1) is 0 Å². The van der Waals surface area contributed by atoms with Gasteiger partial charge in [-0.2, -0.15) is 10.2 Å². The number of aromatic nitrogens is 3. The number of benzene rings is 2. The number of nitriles is 1. The van der Waals surface area contributed by atoms with Gasteiger partial charge in [-0.3, -0.25) is 19.1 Å². The number of hydrogen-bond donors (Lipinski definition) is 2. The summed E-state index contributed by atoms with van der Waals surface area (Å²) in [6.45, 7) is 1.86. The van der Waals surface area contributed by atoms with Gasteiger partial charge in [0.2, 0.25) is 15.7 Å². The van der Waals surface area contributed by atoms with Crippen molar-refractivity contribution in [3.8, 4) is 23.1 Å². The molecule has 10 nitrogen and oxygen atoms in total. The zero-order chi connectivity index (χ0) is 29.3. The highest BCUT2D eigenvalue weighted by Gasteiger charge is 2.33. The number of nitrogens with two attached hydrogens (primary N) is 1. The largest absolute Gasteiger partial charge is 0.492 e. The fourth-order valence-electron chi connectivity index (χ4n) is 4.99. The van der Waals surface area contributed by atoms with Crippen molar-refractivity contribution < 1.29 is 18.3 Å². The number of primary amides is 1. The lowest BCUT2D eigenvalue weighted by atomic mass is 10.0. The molecular weight excluding hydrogens is 542 g/mol. The molecule has 4 aromatic rings. The molecule has 1 amide bonds. The van der Waals surface area contributed by atoms with Crippen LogP contribution in [0, 0.1) is 17.2 Å². The van der Waals surface area contributed by atoms with Gasteiger partial charge in [0.05, 0.1) is 28.1 Å². The molecular formula is C30H27N5O5S. The second-order valence-corrected chi connectivity index (χ2v) is 11.9. The Morgan fingerprint density at radius 2 is 1.93 bits per heavy atom. The van der Waals surface area contributed by atoms with Crippen LogP contribution in [0.5, 0.6) is 5.88 Å². The maximum Gasteiger partial charge on any atom is 0.277 e. The quantitative estimate of drug-likeness (QED) is 0.307. The maximum absolute atomic E-state index is 14.0. The summed E-state index contributed by atoms with van der Waals surface area (Å²) in [6, 6.07) is 15.5. The summed E-state index contributed by atoms with van der Waals surface area (Å²) in [6.07, 6.45) is 5.56. The van der Waals surface area contributed by atoms with E-state index >= 15 is 0 Å². The fraction of sp³-hybridized carbons (Fsp3) is 0.233. The fourth-order valence-corrected chi connectivity index (χ4v) is 6.33. The highest BCUT2D eigenvalue weighted by Crippen LogP contribution is 2.35. The smallest absolute Gasteiger partial charge is 0.277 e. The SMILES string of the molecule is CC[C@@H](c1cccc(C#N)c1)n1c(CC2CC2)nc(O)c(S(=O)(=O)c2ccc(-c3ccncc3C(N)=O)cc2)c1=O. The molecule has 41 heavy (non-hydrogen) atoms. The first kappa shape index (κ1) is 27.7. The molecule has 2 aromatic carbocycles. The average Bonchev–Trinajstić information content (AvgIpc) is 3.79. The van der Waals surface area contributed by atoms with Crippen LogP contribution in [0.25, 0.3) is 11.1 Å². The minimum atomic E-state index is -4.52. The van der Waals surface area contributed by atoms with Crippen LogP contribution in [0.15, 0.2) is 81.6 Å². The number of hydrogen-bond acceptors (Lipinski definition) is 8. The van der Waals surface area contributed by atoms with Gasteiger partial charge in [-0.25, -0.2) is 8.42 Å².